The second-order valence-electron chi connectivity index (χ2n) is 8.18. The number of rotatable bonds is 2. The molecule has 2 atom stereocenters. The zero-order chi connectivity index (χ0) is 18.6. The molecule has 0 spiro atoms. The van der Waals surface area contributed by atoms with Gasteiger partial charge in [-0.15, -0.1) is 24.8 Å². The smallest absolute Gasteiger partial charge is 0.147 e. The molecule has 4 rings (SSSR count). The summed E-state index contributed by atoms with van der Waals surface area (Å²) in [6.07, 6.45) is 10.1. The third kappa shape index (κ3) is 3.83. The molecule has 2 aromatic rings. The van der Waals surface area contributed by atoms with Gasteiger partial charge in [-0.25, -0.2) is 0 Å². The Labute approximate surface area is 190 Å². The van der Waals surface area contributed by atoms with E-state index in [1.165, 1.54) is 33.4 Å². The maximum atomic E-state index is 2.59. The Morgan fingerprint density at radius 2 is 1.00 bits per heavy atom. The van der Waals surface area contributed by atoms with Crippen molar-refractivity contribution in [1.29, 1.82) is 0 Å². The second-order valence-corrected chi connectivity index (χ2v) is 26.3. The molecule has 2 aliphatic rings. The van der Waals surface area contributed by atoms with E-state index in [1.54, 1.807) is 11.1 Å². The molecule has 0 heterocycles. The molecule has 2 unspecified atom stereocenters. The number of halogens is 2. The van der Waals surface area contributed by atoms with Crippen LogP contribution in [-0.2, 0) is 20.4 Å². The van der Waals surface area contributed by atoms with Crippen LogP contribution in [0.4, 0.5) is 0 Å². The summed E-state index contributed by atoms with van der Waals surface area (Å²) in [6, 6.07) is 9.29. The third-order valence-electron chi connectivity index (χ3n) is 6.23. The summed E-state index contributed by atoms with van der Waals surface area (Å²) >= 11 is -1.78. The standard InChI is InChI=1S/2C11H11.C2H6Si.2ClH.Zr/c2*1-8-6-7-9(2)11-5-3-4-10(8)11;1-3-2;;;/h2*3-7H,1-2H3;1-2H3;2*1H;. The van der Waals surface area contributed by atoms with Gasteiger partial charge in [0.2, 0.25) is 0 Å². The van der Waals surface area contributed by atoms with Crippen LogP contribution in [0.15, 0.2) is 36.4 Å². The van der Waals surface area contributed by atoms with Crippen LogP contribution in [-0.4, -0.2) is 5.43 Å². The number of benzene rings is 2. The van der Waals surface area contributed by atoms with E-state index in [1.807, 2.05) is 0 Å². The van der Waals surface area contributed by atoms with Gasteiger partial charge in [-0.05, 0) is 0 Å². The molecule has 0 aromatic heterocycles. The van der Waals surface area contributed by atoms with Crippen molar-refractivity contribution in [1.82, 2.24) is 0 Å². The molecule has 0 amide bonds. The number of fused-ring (bicyclic) bond motifs is 2. The average molecular weight is 509 g/mol. The molecule has 0 fully saturated rings. The molecule has 4 heteroatoms. The van der Waals surface area contributed by atoms with E-state index in [-0.39, 0.29) is 30.2 Å². The van der Waals surface area contributed by atoms with Crippen molar-refractivity contribution >= 4 is 42.4 Å². The van der Waals surface area contributed by atoms with Crippen LogP contribution in [0.1, 0.15) is 51.8 Å². The molecule has 0 N–H and O–H groups in total. The minimum absolute atomic E-state index is 0. The average Bonchev–Trinajstić information content (AvgIpc) is 3.22. The quantitative estimate of drug-likeness (QED) is 0.369. The van der Waals surface area contributed by atoms with Gasteiger partial charge < -0.3 is 0 Å². The summed E-state index contributed by atoms with van der Waals surface area (Å²) < 4.78 is 1.49. The first-order valence-corrected chi connectivity index (χ1v) is 18.7. The van der Waals surface area contributed by atoms with Gasteiger partial charge in [0, 0.05) is 0 Å². The summed E-state index contributed by atoms with van der Waals surface area (Å²) in [6.45, 7) is 14.4. The van der Waals surface area contributed by atoms with Gasteiger partial charge in [0.15, 0.2) is 0 Å². The fraction of sp³-hybridized carbons (Fsp3) is 0.333. The van der Waals surface area contributed by atoms with Crippen molar-refractivity contribution < 1.29 is 20.4 Å². The molecule has 0 saturated carbocycles. The molecule has 148 valence electrons. The monoisotopic (exact) mass is 506 g/mol. The van der Waals surface area contributed by atoms with E-state index < -0.39 is 20.4 Å². The minimum Gasteiger partial charge on any atom is -0.147 e. The van der Waals surface area contributed by atoms with Crippen molar-refractivity contribution in [3.8, 4) is 0 Å². The first kappa shape index (κ1) is 23.9. The van der Waals surface area contributed by atoms with E-state index in [4.69, 9.17) is 0 Å². The Morgan fingerprint density at radius 3 is 1.36 bits per heavy atom. The molecule has 0 nitrogen and oxygen atoms in total. The molecular formula is C24H30Cl2SiZr. The van der Waals surface area contributed by atoms with Gasteiger partial charge in [0.25, 0.3) is 0 Å². The van der Waals surface area contributed by atoms with E-state index >= 15 is 0 Å². The second kappa shape index (κ2) is 9.17. The number of hydrogen-bond donors (Lipinski definition) is 0. The molecule has 0 saturated heterocycles. The van der Waals surface area contributed by atoms with Crippen LogP contribution >= 0.6 is 24.8 Å². The summed E-state index contributed by atoms with van der Waals surface area (Å²) in [7, 11) is 0. The maximum Gasteiger partial charge on any atom is -0.147 e. The Kier molecular flexibility index (Phi) is 7.82. The Balaban J connectivity index is 0.00000140. The molecule has 0 radical (unpaired) electrons. The molecule has 0 bridgehead atoms. The third-order valence-corrected chi connectivity index (χ3v) is 25.2. The van der Waals surface area contributed by atoms with Gasteiger partial charge >= 0.3 is 167 Å². The molecule has 2 aliphatic carbocycles. The van der Waals surface area contributed by atoms with Crippen molar-refractivity contribution in [3.63, 3.8) is 0 Å². The Hall–Kier alpha value is -0.400. The van der Waals surface area contributed by atoms with Crippen LogP contribution in [0.2, 0.25) is 13.1 Å². The molecule has 28 heavy (non-hydrogen) atoms. The van der Waals surface area contributed by atoms with Crippen molar-refractivity contribution in [2.75, 3.05) is 0 Å². The summed E-state index contributed by atoms with van der Waals surface area (Å²) in [5.41, 5.74) is 12.0. The maximum absolute atomic E-state index is 2.59. The van der Waals surface area contributed by atoms with Crippen molar-refractivity contribution in [2.24, 2.45) is 0 Å². The Morgan fingerprint density at radius 1 is 0.643 bits per heavy atom. The van der Waals surface area contributed by atoms with E-state index in [9.17, 15) is 0 Å². The zero-order valence-corrected chi connectivity index (χ0v) is 22.7. The van der Waals surface area contributed by atoms with E-state index in [2.05, 4.69) is 89.4 Å². The van der Waals surface area contributed by atoms with Crippen LogP contribution in [0, 0.1) is 27.7 Å². The van der Waals surface area contributed by atoms with Crippen molar-refractivity contribution in [2.45, 2.75) is 48.0 Å². The normalized spacial score (nSPS) is 18.2. The van der Waals surface area contributed by atoms with Crippen LogP contribution in [0.5, 0.6) is 0 Å². The SMILES string of the molecule is Cc1ccc(C)c2c1C=C[CH]2[Zr]([CH]1C=Cc2c(C)ccc(C)c21)=[Si](C)C.Cl.Cl. The topological polar surface area (TPSA) is 0 Å². The number of aryl methyl sites for hydroxylation is 4. The van der Waals surface area contributed by atoms with Gasteiger partial charge in [-0.1, -0.05) is 0 Å². The van der Waals surface area contributed by atoms with Crippen molar-refractivity contribution in [3.05, 3.63) is 80.9 Å². The fourth-order valence-corrected chi connectivity index (χ4v) is 24.0. The number of hydrogen-bond acceptors (Lipinski definition) is 0. The number of allylic oxidation sites excluding steroid dienone is 2. The predicted octanol–water partition coefficient (Wildman–Crippen LogP) is 7.47. The van der Waals surface area contributed by atoms with Crippen LogP contribution in [0.3, 0.4) is 0 Å². The first-order valence-electron chi connectivity index (χ1n) is 9.64. The molecule has 0 aliphatic heterocycles. The molecule has 2 aromatic carbocycles. The van der Waals surface area contributed by atoms with Crippen LogP contribution < -0.4 is 0 Å². The van der Waals surface area contributed by atoms with E-state index in [0.717, 1.165) is 7.25 Å². The van der Waals surface area contributed by atoms with E-state index in [0.29, 0.717) is 0 Å². The zero-order valence-electron chi connectivity index (χ0n) is 17.6. The molecular weight excluding hydrogens is 478 g/mol. The largest absolute Gasteiger partial charge is 0.147 e. The van der Waals surface area contributed by atoms with Gasteiger partial charge in [-0.3, -0.25) is 0 Å². The summed E-state index contributed by atoms with van der Waals surface area (Å²) in [5.74, 6) is 0. The van der Waals surface area contributed by atoms with Gasteiger partial charge in [0.05, 0.1) is 0 Å². The summed E-state index contributed by atoms with van der Waals surface area (Å²) in [5, 5.41) is 0. The van der Waals surface area contributed by atoms with Crippen LogP contribution in [0.25, 0.3) is 12.2 Å². The van der Waals surface area contributed by atoms with Gasteiger partial charge in [0.1, 0.15) is 0 Å². The summed E-state index contributed by atoms with van der Waals surface area (Å²) in [4.78, 5) is 0. The minimum atomic E-state index is -1.78. The van der Waals surface area contributed by atoms with Gasteiger partial charge in [-0.2, -0.15) is 0 Å². The first-order chi connectivity index (χ1) is 12.4. The predicted molar refractivity (Wildman–Crippen MR) is 127 cm³/mol. The fourth-order valence-electron chi connectivity index (χ4n) is 4.89. The Bertz CT molecular complexity index is 938.